The Hall–Kier alpha value is -3.43. The van der Waals surface area contributed by atoms with Crippen LogP contribution in [0.25, 0.3) is 22.3 Å². The van der Waals surface area contributed by atoms with Crippen LogP contribution in [0.1, 0.15) is 35.6 Å². The average molecular weight is 437 g/mol. The Kier molecular flexibility index (Phi) is 4.34. The molecule has 2 N–H and O–H groups in total. The number of hydrogen-bond donors (Lipinski definition) is 2. The molecule has 4 heterocycles. The second-order valence-corrected chi connectivity index (χ2v) is 8.65. The Balaban J connectivity index is 1.80. The van der Waals surface area contributed by atoms with Crippen molar-refractivity contribution in [3.05, 3.63) is 62.1 Å². The van der Waals surface area contributed by atoms with Crippen molar-refractivity contribution < 1.29 is 24.5 Å². The molecule has 0 amide bonds. The number of carbonyl (C=O) groups is 1. The van der Waals surface area contributed by atoms with E-state index in [1.54, 1.807) is 19.1 Å². The second-order valence-electron chi connectivity index (χ2n) is 8.65. The first-order valence-electron chi connectivity index (χ1n) is 10.4. The molecule has 1 atom stereocenters. The van der Waals surface area contributed by atoms with Gasteiger partial charge in [-0.1, -0.05) is 6.92 Å². The Morgan fingerprint density at radius 2 is 2.03 bits per heavy atom. The number of phenolic OH excluding ortho intramolecular Hbond substituents is 1. The van der Waals surface area contributed by atoms with Crippen molar-refractivity contribution >= 4 is 16.9 Å². The topological polar surface area (TPSA) is 119 Å². The van der Waals surface area contributed by atoms with Gasteiger partial charge in [0.15, 0.2) is 5.60 Å². The van der Waals surface area contributed by atoms with Gasteiger partial charge in [-0.15, -0.1) is 0 Å². The average Bonchev–Trinajstić information content (AvgIpc) is 3.12. The summed E-state index contributed by atoms with van der Waals surface area (Å²) >= 11 is 0. The summed E-state index contributed by atoms with van der Waals surface area (Å²) in [5.41, 5.74) is 0.362. The molecule has 0 saturated carbocycles. The highest BCUT2D eigenvalue weighted by atomic mass is 16.6. The van der Waals surface area contributed by atoms with E-state index in [1.165, 1.54) is 10.6 Å². The third-order valence-electron chi connectivity index (χ3n) is 6.44. The number of cyclic esters (lactones) is 1. The van der Waals surface area contributed by atoms with Crippen LogP contribution in [-0.2, 0) is 34.8 Å². The summed E-state index contributed by atoms with van der Waals surface area (Å²) in [5, 5.41) is 35.4. The maximum atomic E-state index is 13.5. The van der Waals surface area contributed by atoms with E-state index in [1.807, 2.05) is 25.1 Å². The number of ether oxygens (including phenoxy) is 1. The Morgan fingerprint density at radius 1 is 1.28 bits per heavy atom. The number of aromatic hydroxyl groups is 1. The monoisotopic (exact) mass is 437 g/mol. The minimum absolute atomic E-state index is 0.0385. The molecule has 0 bridgehead atoms. The first kappa shape index (κ1) is 20.5. The summed E-state index contributed by atoms with van der Waals surface area (Å²) in [6.07, 6.45) is 0.0385. The zero-order chi connectivity index (χ0) is 22.9. The number of phenols is 1. The van der Waals surface area contributed by atoms with E-state index >= 15 is 0 Å². The molecule has 9 nitrogen and oxygen atoms in total. The lowest BCUT2D eigenvalue weighted by Crippen LogP contribution is -2.44. The van der Waals surface area contributed by atoms with E-state index in [-0.39, 0.29) is 36.4 Å². The first-order chi connectivity index (χ1) is 15.2. The first-order valence-corrected chi connectivity index (χ1v) is 10.4. The minimum atomic E-state index is -1.93. The van der Waals surface area contributed by atoms with Gasteiger partial charge in [0.2, 0.25) is 11.2 Å². The van der Waals surface area contributed by atoms with Crippen LogP contribution in [0.5, 0.6) is 5.75 Å². The molecule has 1 aromatic carbocycles. The van der Waals surface area contributed by atoms with Gasteiger partial charge in [-0.05, 0) is 38.7 Å². The van der Waals surface area contributed by atoms with Gasteiger partial charge in [-0.3, -0.25) is 9.36 Å². The lowest BCUT2D eigenvalue weighted by Gasteiger charge is -2.31. The summed E-state index contributed by atoms with van der Waals surface area (Å²) in [6, 6.07) is 6.43. The van der Waals surface area contributed by atoms with E-state index in [9.17, 15) is 25.0 Å². The number of carbonyl (C=O) groups excluding carboxylic acids is 1. The highest BCUT2D eigenvalue weighted by Gasteiger charge is 2.46. The predicted molar refractivity (Wildman–Crippen MR) is 115 cm³/mol. The van der Waals surface area contributed by atoms with Crippen LogP contribution < -0.4 is 10.3 Å². The Labute approximate surface area is 183 Å². The van der Waals surface area contributed by atoms with Crippen molar-refractivity contribution in [1.29, 1.82) is 0 Å². The summed E-state index contributed by atoms with van der Waals surface area (Å²) < 4.78 is 7.31. The molecule has 166 valence electrons. The molecular formula is C23H23N3O6. The number of rotatable bonds is 3. The number of esters is 1. The largest absolute Gasteiger partial charge is 0.618 e. The molecule has 5 rings (SSSR count). The van der Waals surface area contributed by atoms with E-state index in [2.05, 4.69) is 0 Å². The van der Waals surface area contributed by atoms with Crippen molar-refractivity contribution in [2.45, 2.75) is 38.6 Å². The highest BCUT2D eigenvalue weighted by Crippen LogP contribution is 2.39. The van der Waals surface area contributed by atoms with Gasteiger partial charge >= 0.3 is 5.97 Å². The number of aromatic nitrogens is 2. The van der Waals surface area contributed by atoms with Crippen molar-refractivity contribution in [2.24, 2.45) is 0 Å². The van der Waals surface area contributed by atoms with E-state index in [0.29, 0.717) is 40.0 Å². The third-order valence-corrected chi connectivity index (χ3v) is 6.44. The van der Waals surface area contributed by atoms with Crippen molar-refractivity contribution in [3.63, 3.8) is 0 Å². The van der Waals surface area contributed by atoms with E-state index < -0.39 is 17.1 Å². The molecule has 2 aromatic heterocycles. The molecule has 0 unspecified atom stereocenters. The number of hydrogen-bond acceptors (Lipinski definition) is 7. The lowest BCUT2D eigenvalue weighted by molar-refractivity contribution is -0.565. The molecule has 0 saturated heterocycles. The number of nitrogens with zero attached hydrogens (tertiary/aromatic N) is 3. The molecule has 0 spiro atoms. The smallest absolute Gasteiger partial charge is 0.343 e. The zero-order valence-electron chi connectivity index (χ0n) is 18.0. The van der Waals surface area contributed by atoms with Crippen LogP contribution in [0, 0.1) is 5.21 Å². The molecular weight excluding hydrogens is 414 g/mol. The molecule has 0 aliphatic carbocycles. The van der Waals surface area contributed by atoms with Gasteiger partial charge in [-0.25, -0.2) is 4.79 Å². The summed E-state index contributed by atoms with van der Waals surface area (Å²) in [4.78, 5) is 27.4. The summed E-state index contributed by atoms with van der Waals surface area (Å²) in [6.45, 7) is 2.03. The van der Waals surface area contributed by atoms with E-state index in [4.69, 9.17) is 4.74 Å². The predicted octanol–water partition coefficient (Wildman–Crippen LogP) is 1.09. The minimum Gasteiger partial charge on any atom is -0.618 e. The fourth-order valence-electron chi connectivity index (χ4n) is 4.77. The van der Waals surface area contributed by atoms with Crippen LogP contribution in [-0.4, -0.2) is 39.7 Å². The number of pyridine rings is 2. The van der Waals surface area contributed by atoms with Gasteiger partial charge in [0.1, 0.15) is 18.1 Å². The van der Waals surface area contributed by atoms with Crippen LogP contribution in [0.3, 0.4) is 0 Å². The SMILES string of the molecule is CC[C@@]1(O)C(=O)OCc2c1cc1n(c2=O)Cc2cc3c(CN(C)C)c(O)ccc3[n+]([O-])c2-1. The van der Waals surface area contributed by atoms with E-state index in [0.717, 1.165) is 4.73 Å². The molecule has 32 heavy (non-hydrogen) atoms. The van der Waals surface area contributed by atoms with Gasteiger partial charge in [-0.2, -0.15) is 4.73 Å². The zero-order valence-corrected chi connectivity index (χ0v) is 18.0. The number of benzene rings is 1. The molecule has 3 aromatic rings. The highest BCUT2D eigenvalue weighted by molar-refractivity contribution is 5.86. The fraction of sp³-hybridized carbons (Fsp3) is 0.348. The Morgan fingerprint density at radius 3 is 2.72 bits per heavy atom. The van der Waals surface area contributed by atoms with Crippen molar-refractivity contribution in [1.82, 2.24) is 9.47 Å². The van der Waals surface area contributed by atoms with Gasteiger partial charge < -0.3 is 25.1 Å². The number of aliphatic hydroxyl groups is 1. The van der Waals surface area contributed by atoms with Gasteiger partial charge in [0, 0.05) is 29.3 Å². The fourth-order valence-corrected chi connectivity index (χ4v) is 4.77. The summed E-state index contributed by atoms with van der Waals surface area (Å²) in [7, 11) is 3.74. The molecule has 0 fully saturated rings. The van der Waals surface area contributed by atoms with Crippen LogP contribution in [0.4, 0.5) is 0 Å². The third kappa shape index (κ3) is 2.61. The molecule has 0 radical (unpaired) electrons. The second kappa shape index (κ2) is 6.78. The Bertz CT molecular complexity index is 1380. The maximum absolute atomic E-state index is 13.5. The summed E-state index contributed by atoms with van der Waals surface area (Å²) in [5.74, 6) is -0.703. The maximum Gasteiger partial charge on any atom is 0.343 e. The van der Waals surface area contributed by atoms with Crippen LogP contribution in [0.15, 0.2) is 29.1 Å². The number of fused-ring (bicyclic) bond motifs is 5. The molecule has 2 aliphatic rings. The molecule has 9 heteroatoms. The normalized spacial score (nSPS) is 19.1. The lowest BCUT2D eigenvalue weighted by atomic mass is 9.86. The van der Waals surface area contributed by atoms with Crippen LogP contribution in [0.2, 0.25) is 0 Å². The molecule has 2 aliphatic heterocycles. The van der Waals surface area contributed by atoms with Crippen LogP contribution >= 0.6 is 0 Å². The quantitative estimate of drug-likeness (QED) is 0.280. The van der Waals surface area contributed by atoms with Crippen molar-refractivity contribution in [3.8, 4) is 17.1 Å². The van der Waals surface area contributed by atoms with Crippen molar-refractivity contribution in [2.75, 3.05) is 14.1 Å². The van der Waals surface area contributed by atoms with Gasteiger partial charge in [0.05, 0.1) is 17.5 Å². The standard InChI is InChI=1S/C23H23N3O6/c1-4-23(30)16-8-18-20-12(9-25(18)21(28)15(16)11-32-22(23)29)7-13-14(10-24(2)3)19(27)6-5-17(13)26(20)31/h5-8,27,30H,4,9-11H2,1-3H3/t23-/m0/s1. The van der Waals surface area contributed by atoms with Gasteiger partial charge in [0.25, 0.3) is 5.56 Å².